The molecule has 0 unspecified atom stereocenters. The van der Waals surface area contributed by atoms with Gasteiger partial charge in [-0.25, -0.2) is 0 Å². The third kappa shape index (κ3) is 2.72. The van der Waals surface area contributed by atoms with Crippen LogP contribution in [0.5, 0.6) is 0 Å². The van der Waals surface area contributed by atoms with Crippen molar-refractivity contribution < 1.29 is 9.84 Å². The molecule has 0 spiro atoms. The van der Waals surface area contributed by atoms with Gasteiger partial charge in [-0.3, -0.25) is 0 Å². The molecule has 5 fully saturated rings. The maximum Gasteiger partial charge on any atom is 0.0858 e. The SMILES string of the molecule is C=C(C)[C@@H]1CC[C@]2(C)CC[C@]3(C)[C@H](CC[C@@H]4[C@@]5(C)C[C@@H](OC)[C@H](O)C(C)(C)[C@]5(C)CC[C@]43C)[C@@H]12. The molecular weight excluding hydrogens is 416 g/mol. The predicted octanol–water partition coefficient (Wildman–Crippen LogP) is 8.04. The first-order valence-corrected chi connectivity index (χ1v) is 14.5. The number of rotatable bonds is 2. The Labute approximate surface area is 210 Å². The van der Waals surface area contributed by atoms with Crippen LogP contribution in [0.2, 0.25) is 0 Å². The molecule has 0 aromatic carbocycles. The van der Waals surface area contributed by atoms with Crippen LogP contribution in [-0.2, 0) is 4.74 Å². The highest BCUT2D eigenvalue weighted by Crippen LogP contribution is 2.80. The average molecular weight is 471 g/mol. The Morgan fingerprint density at radius 1 is 0.824 bits per heavy atom. The van der Waals surface area contributed by atoms with Crippen molar-refractivity contribution in [1.29, 1.82) is 0 Å². The molecule has 5 saturated carbocycles. The summed E-state index contributed by atoms with van der Waals surface area (Å²) in [5, 5.41) is 11.4. The molecule has 11 atom stereocenters. The van der Waals surface area contributed by atoms with Crippen molar-refractivity contribution in [3.8, 4) is 0 Å². The van der Waals surface area contributed by atoms with Crippen molar-refractivity contribution in [2.45, 2.75) is 125 Å². The highest BCUT2D eigenvalue weighted by atomic mass is 16.5. The monoisotopic (exact) mass is 470 g/mol. The Morgan fingerprint density at radius 3 is 2.09 bits per heavy atom. The lowest BCUT2D eigenvalue weighted by molar-refractivity contribution is -0.298. The van der Waals surface area contributed by atoms with Crippen LogP contribution in [0.15, 0.2) is 12.2 Å². The second-order valence-electron chi connectivity index (χ2n) is 15.6. The Morgan fingerprint density at radius 2 is 1.47 bits per heavy atom. The first-order valence-electron chi connectivity index (χ1n) is 14.5. The van der Waals surface area contributed by atoms with Gasteiger partial charge in [0.1, 0.15) is 0 Å². The molecule has 0 radical (unpaired) electrons. The Hall–Kier alpha value is -0.340. The molecule has 5 rings (SSSR count). The lowest BCUT2D eigenvalue weighted by Gasteiger charge is -2.76. The van der Waals surface area contributed by atoms with Gasteiger partial charge in [-0.05, 0) is 121 Å². The number of methoxy groups -OCH3 is 1. The van der Waals surface area contributed by atoms with Crippen LogP contribution in [0.3, 0.4) is 0 Å². The summed E-state index contributed by atoms with van der Waals surface area (Å²) in [5.41, 5.74) is 2.86. The number of hydrogen-bond donors (Lipinski definition) is 1. The van der Waals surface area contributed by atoms with Crippen molar-refractivity contribution in [2.75, 3.05) is 7.11 Å². The molecule has 5 aliphatic carbocycles. The van der Waals surface area contributed by atoms with Crippen molar-refractivity contribution in [2.24, 2.45) is 56.2 Å². The molecule has 194 valence electrons. The summed E-state index contributed by atoms with van der Waals surface area (Å²) in [4.78, 5) is 0. The minimum absolute atomic E-state index is 0.0572. The molecule has 0 aromatic heterocycles. The molecule has 0 bridgehead atoms. The molecule has 0 heterocycles. The zero-order valence-electron chi connectivity index (χ0n) is 23.9. The Kier molecular flexibility index (Phi) is 5.49. The second-order valence-corrected chi connectivity index (χ2v) is 15.6. The quantitative estimate of drug-likeness (QED) is 0.414. The smallest absolute Gasteiger partial charge is 0.0858 e. The van der Waals surface area contributed by atoms with E-state index in [0.29, 0.717) is 22.2 Å². The van der Waals surface area contributed by atoms with Crippen LogP contribution >= 0.6 is 0 Å². The van der Waals surface area contributed by atoms with Gasteiger partial charge in [0.05, 0.1) is 12.2 Å². The van der Waals surface area contributed by atoms with Crippen LogP contribution < -0.4 is 0 Å². The first kappa shape index (κ1) is 25.3. The highest BCUT2D eigenvalue weighted by molar-refractivity contribution is 5.23. The van der Waals surface area contributed by atoms with E-state index >= 15 is 0 Å². The van der Waals surface area contributed by atoms with Crippen molar-refractivity contribution >= 4 is 0 Å². The van der Waals surface area contributed by atoms with Crippen LogP contribution in [0.1, 0.15) is 113 Å². The number of ether oxygens (including phenoxy) is 1. The van der Waals surface area contributed by atoms with Gasteiger partial charge in [0, 0.05) is 7.11 Å². The zero-order valence-corrected chi connectivity index (χ0v) is 23.9. The summed E-state index contributed by atoms with van der Waals surface area (Å²) < 4.78 is 5.99. The van der Waals surface area contributed by atoms with Gasteiger partial charge in [-0.15, -0.1) is 0 Å². The van der Waals surface area contributed by atoms with Gasteiger partial charge >= 0.3 is 0 Å². The molecule has 2 heteroatoms. The largest absolute Gasteiger partial charge is 0.390 e. The number of allylic oxidation sites excluding steroid dienone is 1. The minimum Gasteiger partial charge on any atom is -0.390 e. The molecule has 0 aromatic rings. The van der Waals surface area contributed by atoms with Gasteiger partial charge < -0.3 is 9.84 Å². The lowest BCUT2D eigenvalue weighted by atomic mass is 9.29. The van der Waals surface area contributed by atoms with Gasteiger partial charge in [0.25, 0.3) is 0 Å². The van der Waals surface area contributed by atoms with Gasteiger partial charge in [-0.2, -0.15) is 0 Å². The number of hydrogen-bond acceptors (Lipinski definition) is 2. The van der Waals surface area contributed by atoms with E-state index in [1.807, 2.05) is 7.11 Å². The number of aliphatic hydroxyl groups excluding tert-OH is 1. The molecule has 0 amide bonds. The van der Waals surface area contributed by atoms with Crippen LogP contribution in [0.4, 0.5) is 0 Å². The summed E-state index contributed by atoms with van der Waals surface area (Å²) in [6, 6.07) is 0. The number of aliphatic hydroxyl groups is 1. The third-order valence-electron chi connectivity index (χ3n) is 14.8. The van der Waals surface area contributed by atoms with E-state index < -0.39 is 6.10 Å². The van der Waals surface area contributed by atoms with Gasteiger partial charge in [-0.1, -0.05) is 60.6 Å². The Bertz CT molecular complexity index is 861. The summed E-state index contributed by atoms with van der Waals surface area (Å²) in [7, 11) is 1.82. The van der Waals surface area contributed by atoms with Gasteiger partial charge in [0.2, 0.25) is 0 Å². The van der Waals surface area contributed by atoms with E-state index in [1.54, 1.807) is 0 Å². The molecule has 1 N–H and O–H groups in total. The van der Waals surface area contributed by atoms with E-state index in [4.69, 9.17) is 4.74 Å². The maximum atomic E-state index is 11.4. The molecule has 2 nitrogen and oxygen atoms in total. The van der Waals surface area contributed by atoms with Crippen molar-refractivity contribution in [3.05, 3.63) is 12.2 Å². The zero-order chi connectivity index (χ0) is 25.1. The molecular formula is C32H54O2. The lowest BCUT2D eigenvalue weighted by Crippen LogP contribution is -2.72. The van der Waals surface area contributed by atoms with Crippen molar-refractivity contribution in [3.63, 3.8) is 0 Å². The standard InChI is InChI=1S/C32H54O2/c1-20(2)21-13-14-28(5)15-16-29(6)22(25(21)28)11-12-24-30(29,7)17-18-32(9)27(3,4)26(33)23(34-10)19-31(24,32)8/h21-26,33H,1,11-19H2,2-10H3/t21-,22+,23+,24-,25+,26-,28+,29+,30+,31+,32-/m0/s1. The summed E-state index contributed by atoms with van der Waals surface area (Å²) in [5.74, 6) is 3.06. The molecule has 0 aliphatic heterocycles. The van der Waals surface area contributed by atoms with E-state index in [9.17, 15) is 5.11 Å². The van der Waals surface area contributed by atoms with Crippen LogP contribution in [-0.4, -0.2) is 24.4 Å². The second kappa shape index (κ2) is 7.37. The predicted molar refractivity (Wildman–Crippen MR) is 141 cm³/mol. The fourth-order valence-electron chi connectivity index (χ4n) is 11.9. The summed E-state index contributed by atoms with van der Waals surface area (Å²) >= 11 is 0. The van der Waals surface area contributed by atoms with E-state index in [1.165, 1.54) is 56.9 Å². The fourth-order valence-corrected chi connectivity index (χ4v) is 11.9. The van der Waals surface area contributed by atoms with Crippen molar-refractivity contribution in [1.82, 2.24) is 0 Å². The normalized spacial score (nSPS) is 58.3. The van der Waals surface area contributed by atoms with E-state index in [2.05, 4.69) is 62.0 Å². The Balaban J connectivity index is 1.59. The number of fused-ring (bicyclic) bond motifs is 7. The summed E-state index contributed by atoms with van der Waals surface area (Å²) in [6.07, 6.45) is 11.4. The summed E-state index contributed by atoms with van der Waals surface area (Å²) in [6.45, 7) is 24.7. The maximum absolute atomic E-state index is 11.4. The average Bonchev–Trinajstić information content (AvgIpc) is 3.12. The molecule has 0 saturated heterocycles. The van der Waals surface area contributed by atoms with E-state index in [0.717, 1.165) is 24.2 Å². The highest BCUT2D eigenvalue weighted by Gasteiger charge is 2.74. The third-order valence-corrected chi connectivity index (χ3v) is 14.8. The van der Waals surface area contributed by atoms with E-state index in [-0.39, 0.29) is 22.3 Å². The minimum atomic E-state index is -0.392. The van der Waals surface area contributed by atoms with Gasteiger partial charge in [0.15, 0.2) is 0 Å². The first-order chi connectivity index (χ1) is 15.6. The molecule has 34 heavy (non-hydrogen) atoms. The fraction of sp³-hybridized carbons (Fsp3) is 0.938. The topological polar surface area (TPSA) is 29.5 Å². The van der Waals surface area contributed by atoms with Crippen LogP contribution in [0, 0.1) is 56.2 Å². The molecule has 5 aliphatic rings. The van der Waals surface area contributed by atoms with Crippen LogP contribution in [0.25, 0.3) is 0 Å².